The molecule has 0 fully saturated rings. The van der Waals surface area contributed by atoms with Crippen LogP contribution in [0.5, 0.6) is 10.9 Å². The number of nitrogens with zero attached hydrogens (tertiary/aromatic N) is 1. The predicted molar refractivity (Wildman–Crippen MR) is 88.8 cm³/mol. The Morgan fingerprint density at radius 3 is 2.68 bits per heavy atom. The molecule has 1 aromatic carbocycles. The van der Waals surface area contributed by atoms with Gasteiger partial charge in [-0.15, -0.1) is 11.3 Å². The lowest BCUT2D eigenvalue weighted by Gasteiger charge is -2.07. The molecule has 0 saturated heterocycles. The summed E-state index contributed by atoms with van der Waals surface area (Å²) in [5.74, 6) is 0.724. The molecule has 3 rings (SSSR count). The minimum atomic E-state index is -0.217. The van der Waals surface area contributed by atoms with E-state index in [0.29, 0.717) is 11.7 Å². The summed E-state index contributed by atoms with van der Waals surface area (Å²) in [4.78, 5) is 15.8. The fourth-order valence-electron chi connectivity index (χ4n) is 1.73. The molecule has 2 heterocycles. The van der Waals surface area contributed by atoms with Gasteiger partial charge in [0.05, 0.1) is 5.00 Å². The normalized spacial score (nSPS) is 10.2. The van der Waals surface area contributed by atoms with Crippen LogP contribution in [-0.4, -0.2) is 11.0 Å². The van der Waals surface area contributed by atoms with E-state index < -0.39 is 0 Å². The zero-order chi connectivity index (χ0) is 15.2. The van der Waals surface area contributed by atoms with Gasteiger partial charge in [-0.25, -0.2) is 9.78 Å². The molecule has 2 amide bonds. The Morgan fingerprint density at radius 2 is 2.00 bits per heavy atom. The molecule has 0 aliphatic heterocycles. The Balaban J connectivity index is 1.49. The van der Waals surface area contributed by atoms with Crippen LogP contribution < -0.4 is 15.4 Å². The van der Waals surface area contributed by atoms with Crippen molar-refractivity contribution in [3.05, 3.63) is 58.9 Å². The second-order valence-electron chi connectivity index (χ2n) is 4.33. The molecule has 0 aliphatic rings. The van der Waals surface area contributed by atoms with Crippen LogP contribution in [0.25, 0.3) is 0 Å². The lowest BCUT2D eigenvalue weighted by Crippen LogP contribution is -2.27. The summed E-state index contributed by atoms with van der Waals surface area (Å²) < 4.78 is 5.58. The standard InChI is InChI=1S/C15H13N3O2S2/c19-14(18-13-2-1-8-21-13)17-10-11-3-5-12(6-4-11)20-15-16-7-9-22-15/h1-9H,10H2,(H2,17,18,19). The lowest BCUT2D eigenvalue weighted by atomic mass is 10.2. The van der Waals surface area contributed by atoms with Crippen molar-refractivity contribution >= 4 is 33.7 Å². The Kier molecular flexibility index (Phi) is 4.67. The number of hydrogen-bond acceptors (Lipinski definition) is 5. The highest BCUT2D eigenvalue weighted by Gasteiger charge is 2.03. The summed E-state index contributed by atoms with van der Waals surface area (Å²) in [6.07, 6.45) is 1.70. The monoisotopic (exact) mass is 331 g/mol. The minimum Gasteiger partial charge on any atom is -0.431 e. The van der Waals surface area contributed by atoms with Crippen LogP contribution in [0.4, 0.5) is 9.80 Å². The Hall–Kier alpha value is -2.38. The van der Waals surface area contributed by atoms with Crippen molar-refractivity contribution in [1.29, 1.82) is 0 Å². The average Bonchev–Trinajstić information content (AvgIpc) is 3.20. The fourth-order valence-corrected chi connectivity index (χ4v) is 2.84. The zero-order valence-electron chi connectivity index (χ0n) is 11.5. The molecule has 2 aromatic heterocycles. The van der Waals surface area contributed by atoms with Crippen molar-refractivity contribution in [2.45, 2.75) is 6.54 Å². The largest absolute Gasteiger partial charge is 0.431 e. The number of rotatable bonds is 5. The summed E-state index contributed by atoms with van der Waals surface area (Å²) in [5, 5.41) is 10.8. The van der Waals surface area contributed by atoms with Crippen molar-refractivity contribution in [2.24, 2.45) is 0 Å². The van der Waals surface area contributed by atoms with Crippen molar-refractivity contribution < 1.29 is 9.53 Å². The van der Waals surface area contributed by atoms with Crippen LogP contribution in [0.2, 0.25) is 0 Å². The highest BCUT2D eigenvalue weighted by Crippen LogP contribution is 2.23. The van der Waals surface area contributed by atoms with Crippen LogP contribution in [0.15, 0.2) is 53.4 Å². The number of nitrogens with one attached hydrogen (secondary N) is 2. The van der Waals surface area contributed by atoms with E-state index in [4.69, 9.17) is 4.74 Å². The van der Waals surface area contributed by atoms with Crippen molar-refractivity contribution in [2.75, 3.05) is 5.32 Å². The first-order chi connectivity index (χ1) is 10.8. The van der Waals surface area contributed by atoms with E-state index in [9.17, 15) is 4.79 Å². The molecule has 7 heteroatoms. The van der Waals surface area contributed by atoms with Gasteiger partial charge in [-0.05, 0) is 35.2 Å². The summed E-state index contributed by atoms with van der Waals surface area (Å²) >= 11 is 2.92. The Morgan fingerprint density at radius 1 is 1.14 bits per heavy atom. The number of anilines is 1. The number of carbonyl (C=O) groups excluding carboxylic acids is 1. The molecule has 0 radical (unpaired) electrons. The first kappa shape index (κ1) is 14.6. The average molecular weight is 331 g/mol. The van der Waals surface area contributed by atoms with Gasteiger partial charge in [0.2, 0.25) is 0 Å². The van der Waals surface area contributed by atoms with Crippen LogP contribution in [-0.2, 0) is 6.54 Å². The van der Waals surface area contributed by atoms with Gasteiger partial charge in [-0.1, -0.05) is 23.5 Å². The molecular weight excluding hydrogens is 318 g/mol. The first-order valence-electron chi connectivity index (χ1n) is 6.54. The zero-order valence-corrected chi connectivity index (χ0v) is 13.1. The van der Waals surface area contributed by atoms with Crippen LogP contribution >= 0.6 is 22.7 Å². The van der Waals surface area contributed by atoms with E-state index >= 15 is 0 Å². The Labute approximate surface area is 135 Å². The van der Waals surface area contributed by atoms with Crippen LogP contribution in [0, 0.1) is 0 Å². The maximum Gasteiger partial charge on any atom is 0.320 e. The first-order valence-corrected chi connectivity index (χ1v) is 8.30. The third-order valence-electron chi connectivity index (χ3n) is 2.75. The number of benzene rings is 1. The van der Waals surface area contributed by atoms with Crippen molar-refractivity contribution in [1.82, 2.24) is 10.3 Å². The summed E-state index contributed by atoms with van der Waals surface area (Å²) in [7, 11) is 0. The third kappa shape index (κ3) is 4.06. The molecule has 0 unspecified atom stereocenters. The molecular formula is C15H13N3O2S2. The maximum atomic E-state index is 11.7. The molecule has 22 heavy (non-hydrogen) atoms. The van der Waals surface area contributed by atoms with E-state index in [2.05, 4.69) is 15.6 Å². The van der Waals surface area contributed by atoms with E-state index in [1.165, 1.54) is 22.7 Å². The van der Waals surface area contributed by atoms with Gasteiger partial charge in [0, 0.05) is 18.1 Å². The fraction of sp³-hybridized carbons (Fsp3) is 0.0667. The second-order valence-corrected chi connectivity index (χ2v) is 6.13. The molecule has 0 atom stereocenters. The van der Waals surface area contributed by atoms with Gasteiger partial charge in [-0.2, -0.15) is 0 Å². The molecule has 0 spiro atoms. The van der Waals surface area contributed by atoms with Gasteiger partial charge < -0.3 is 10.1 Å². The predicted octanol–water partition coefficient (Wildman–Crippen LogP) is 4.32. The third-order valence-corrected chi connectivity index (χ3v) is 4.18. The quantitative estimate of drug-likeness (QED) is 0.732. The van der Waals surface area contributed by atoms with Crippen LogP contribution in [0.1, 0.15) is 5.56 Å². The number of ether oxygens (including phenoxy) is 1. The SMILES string of the molecule is O=C(NCc1ccc(Oc2nccs2)cc1)Nc1cccs1. The van der Waals surface area contributed by atoms with Gasteiger partial charge in [0.1, 0.15) is 5.75 Å². The molecule has 0 saturated carbocycles. The molecule has 2 N–H and O–H groups in total. The van der Waals surface area contributed by atoms with E-state index in [1.807, 2.05) is 47.2 Å². The molecule has 0 aliphatic carbocycles. The number of thiophene rings is 1. The molecule has 3 aromatic rings. The van der Waals surface area contributed by atoms with Crippen molar-refractivity contribution in [3.63, 3.8) is 0 Å². The molecule has 0 bridgehead atoms. The number of aromatic nitrogens is 1. The number of hydrogen-bond donors (Lipinski definition) is 2. The number of urea groups is 1. The number of amides is 2. The minimum absolute atomic E-state index is 0.217. The van der Waals surface area contributed by atoms with E-state index in [1.54, 1.807) is 6.20 Å². The highest BCUT2D eigenvalue weighted by atomic mass is 32.1. The van der Waals surface area contributed by atoms with Gasteiger partial charge in [0.25, 0.3) is 5.19 Å². The highest BCUT2D eigenvalue weighted by molar-refractivity contribution is 7.14. The smallest absolute Gasteiger partial charge is 0.320 e. The van der Waals surface area contributed by atoms with Crippen LogP contribution in [0.3, 0.4) is 0 Å². The summed E-state index contributed by atoms with van der Waals surface area (Å²) in [6.45, 7) is 0.453. The lowest BCUT2D eigenvalue weighted by molar-refractivity contribution is 0.252. The van der Waals surface area contributed by atoms with Crippen molar-refractivity contribution in [3.8, 4) is 10.9 Å². The van der Waals surface area contributed by atoms with Gasteiger partial charge in [0.15, 0.2) is 0 Å². The van der Waals surface area contributed by atoms with E-state index in [-0.39, 0.29) is 6.03 Å². The van der Waals surface area contributed by atoms with Gasteiger partial charge >= 0.3 is 6.03 Å². The maximum absolute atomic E-state index is 11.7. The van der Waals surface area contributed by atoms with Gasteiger partial charge in [-0.3, -0.25) is 5.32 Å². The summed E-state index contributed by atoms with van der Waals surface area (Å²) in [6, 6.07) is 11.1. The number of thiazole rings is 1. The number of carbonyl (C=O) groups is 1. The van der Waals surface area contributed by atoms with E-state index in [0.717, 1.165) is 16.3 Å². The molecule has 112 valence electrons. The molecule has 5 nitrogen and oxygen atoms in total. The topological polar surface area (TPSA) is 63.2 Å². The second kappa shape index (κ2) is 7.06. The Bertz CT molecular complexity index is 710. The summed E-state index contributed by atoms with van der Waals surface area (Å²) in [5.41, 5.74) is 0.993.